The summed E-state index contributed by atoms with van der Waals surface area (Å²) in [5.41, 5.74) is 6.62. The van der Waals surface area contributed by atoms with Gasteiger partial charge in [-0.15, -0.1) is 11.3 Å². The Labute approximate surface area is 123 Å². The minimum Gasteiger partial charge on any atom is -0.340 e. The number of aryl methyl sites for hydroxylation is 2. The van der Waals surface area contributed by atoms with E-state index >= 15 is 0 Å². The fourth-order valence-corrected chi connectivity index (χ4v) is 3.39. The largest absolute Gasteiger partial charge is 0.340 e. The second kappa shape index (κ2) is 5.18. The molecular weight excluding hydrogens is 272 g/mol. The van der Waals surface area contributed by atoms with Crippen LogP contribution in [0.5, 0.6) is 0 Å². The molecule has 2 N–H and O–H groups in total. The quantitative estimate of drug-likeness (QED) is 0.938. The van der Waals surface area contributed by atoms with Gasteiger partial charge in [0.1, 0.15) is 4.83 Å². The van der Waals surface area contributed by atoms with E-state index in [1.165, 1.54) is 11.3 Å². The molecule has 0 aliphatic rings. The van der Waals surface area contributed by atoms with E-state index < -0.39 is 0 Å². The van der Waals surface area contributed by atoms with Gasteiger partial charge in [0.15, 0.2) is 0 Å². The van der Waals surface area contributed by atoms with Crippen LogP contribution in [0.15, 0.2) is 6.07 Å². The first-order chi connectivity index (χ1) is 9.25. The van der Waals surface area contributed by atoms with Crippen molar-refractivity contribution in [3.63, 3.8) is 0 Å². The molecule has 6 heteroatoms. The van der Waals surface area contributed by atoms with E-state index in [1.54, 1.807) is 4.90 Å². The fraction of sp³-hybridized carbons (Fsp3) is 0.571. The number of nitrogens with zero attached hydrogens (tertiary/aromatic N) is 3. The average Bonchev–Trinajstić information content (AvgIpc) is 2.91. The highest BCUT2D eigenvalue weighted by Crippen LogP contribution is 2.28. The maximum Gasteiger partial charge on any atom is 0.263 e. The maximum absolute atomic E-state index is 12.5. The Kier molecular flexibility index (Phi) is 3.88. The van der Waals surface area contributed by atoms with Gasteiger partial charge in [-0.25, -0.2) is 0 Å². The van der Waals surface area contributed by atoms with E-state index in [0.717, 1.165) is 20.8 Å². The normalized spacial score (nSPS) is 12.1. The molecule has 2 aromatic rings. The first-order valence-corrected chi connectivity index (χ1v) is 7.45. The van der Waals surface area contributed by atoms with Gasteiger partial charge in [0.05, 0.1) is 10.6 Å². The topological polar surface area (TPSA) is 64.2 Å². The second-order valence-electron chi connectivity index (χ2n) is 6.07. The third-order valence-corrected chi connectivity index (χ3v) is 4.66. The van der Waals surface area contributed by atoms with E-state index in [2.05, 4.69) is 18.9 Å². The van der Waals surface area contributed by atoms with Gasteiger partial charge in [-0.2, -0.15) is 5.10 Å². The molecule has 0 atom stereocenters. The molecule has 0 radical (unpaired) electrons. The van der Waals surface area contributed by atoms with E-state index in [-0.39, 0.29) is 11.3 Å². The molecular formula is C14H22N4OS. The number of amides is 1. The summed E-state index contributed by atoms with van der Waals surface area (Å²) in [6.07, 6.45) is 0. The fourth-order valence-electron chi connectivity index (χ4n) is 2.28. The molecule has 2 rings (SSSR count). The Morgan fingerprint density at radius 1 is 1.55 bits per heavy atom. The predicted molar refractivity (Wildman–Crippen MR) is 83.1 cm³/mol. The highest BCUT2D eigenvalue weighted by atomic mass is 32.1. The van der Waals surface area contributed by atoms with E-state index in [4.69, 9.17) is 5.73 Å². The van der Waals surface area contributed by atoms with Crippen LogP contribution in [0, 0.1) is 12.3 Å². The highest BCUT2D eigenvalue weighted by Gasteiger charge is 2.23. The molecule has 0 fully saturated rings. The Morgan fingerprint density at radius 2 is 2.20 bits per heavy atom. The van der Waals surface area contributed by atoms with Crippen molar-refractivity contribution >= 4 is 27.5 Å². The molecule has 0 aliphatic heterocycles. The summed E-state index contributed by atoms with van der Waals surface area (Å²) in [5.74, 6) is 0.0483. The number of fused-ring (bicyclic) bond motifs is 1. The number of nitrogens with two attached hydrogens (primary N) is 1. The lowest BCUT2D eigenvalue weighted by Crippen LogP contribution is -2.39. The molecule has 0 aromatic carbocycles. The van der Waals surface area contributed by atoms with Crippen LogP contribution in [-0.2, 0) is 7.05 Å². The lowest BCUT2D eigenvalue weighted by Gasteiger charge is -2.28. The van der Waals surface area contributed by atoms with Crippen molar-refractivity contribution < 1.29 is 4.79 Å². The summed E-state index contributed by atoms with van der Waals surface area (Å²) < 4.78 is 1.83. The van der Waals surface area contributed by atoms with Gasteiger partial charge in [-0.1, -0.05) is 13.8 Å². The molecule has 0 saturated heterocycles. The van der Waals surface area contributed by atoms with E-state index in [1.807, 2.05) is 31.8 Å². The van der Waals surface area contributed by atoms with Gasteiger partial charge < -0.3 is 10.6 Å². The zero-order valence-corrected chi connectivity index (χ0v) is 13.5. The van der Waals surface area contributed by atoms with Crippen LogP contribution >= 0.6 is 11.3 Å². The van der Waals surface area contributed by atoms with Gasteiger partial charge in [-0.05, 0) is 24.9 Å². The minimum atomic E-state index is -0.0709. The zero-order valence-electron chi connectivity index (χ0n) is 12.7. The van der Waals surface area contributed by atoms with E-state index in [0.29, 0.717) is 13.1 Å². The molecule has 0 bridgehead atoms. The Balaban J connectivity index is 2.25. The number of hydrogen-bond acceptors (Lipinski definition) is 4. The summed E-state index contributed by atoms with van der Waals surface area (Å²) in [4.78, 5) is 16.0. The van der Waals surface area contributed by atoms with Gasteiger partial charge in [0, 0.05) is 26.0 Å². The van der Waals surface area contributed by atoms with Crippen molar-refractivity contribution in [2.24, 2.45) is 18.2 Å². The van der Waals surface area contributed by atoms with Crippen molar-refractivity contribution in [1.29, 1.82) is 0 Å². The summed E-state index contributed by atoms with van der Waals surface area (Å²) in [6.45, 7) is 7.30. The SMILES string of the molecule is Cc1nn(C)c2sc(C(=O)N(C)CC(C)(C)CN)cc12. The van der Waals surface area contributed by atoms with Gasteiger partial charge in [0.25, 0.3) is 5.91 Å². The number of carbonyl (C=O) groups excluding carboxylic acids is 1. The third-order valence-electron chi connectivity index (χ3n) is 3.47. The standard InChI is InChI=1S/C14H22N4OS/c1-9-10-6-11(20-13(10)18(5)16-9)12(19)17(4)8-14(2,3)7-15/h6H,7-8,15H2,1-5H3. The van der Waals surface area contributed by atoms with Crippen LogP contribution < -0.4 is 5.73 Å². The Morgan fingerprint density at radius 3 is 2.75 bits per heavy atom. The summed E-state index contributed by atoms with van der Waals surface area (Å²) in [6, 6.07) is 1.94. The molecule has 0 aliphatic carbocycles. The van der Waals surface area contributed by atoms with Gasteiger partial charge >= 0.3 is 0 Å². The van der Waals surface area contributed by atoms with Crippen LogP contribution in [0.3, 0.4) is 0 Å². The van der Waals surface area contributed by atoms with Crippen molar-refractivity contribution in [3.05, 3.63) is 16.6 Å². The monoisotopic (exact) mass is 294 g/mol. The predicted octanol–water partition coefficient (Wildman–Crippen LogP) is 2.00. The van der Waals surface area contributed by atoms with Crippen LogP contribution in [-0.4, -0.2) is 40.7 Å². The molecule has 2 aromatic heterocycles. The number of thiophene rings is 1. The van der Waals surface area contributed by atoms with Crippen molar-refractivity contribution in [3.8, 4) is 0 Å². The van der Waals surface area contributed by atoms with Crippen molar-refractivity contribution in [1.82, 2.24) is 14.7 Å². The molecule has 20 heavy (non-hydrogen) atoms. The molecule has 0 spiro atoms. The van der Waals surface area contributed by atoms with Crippen molar-refractivity contribution in [2.45, 2.75) is 20.8 Å². The second-order valence-corrected chi connectivity index (χ2v) is 7.10. The van der Waals surface area contributed by atoms with E-state index in [9.17, 15) is 4.79 Å². The lowest BCUT2D eigenvalue weighted by atomic mass is 9.93. The van der Waals surface area contributed by atoms with Crippen LogP contribution in [0.4, 0.5) is 0 Å². The zero-order chi connectivity index (χ0) is 15.1. The molecule has 1 amide bonds. The molecule has 5 nitrogen and oxygen atoms in total. The Bertz CT molecular complexity index is 606. The molecule has 0 unspecified atom stereocenters. The van der Waals surface area contributed by atoms with Crippen LogP contribution in [0.1, 0.15) is 29.2 Å². The number of rotatable bonds is 4. The summed E-state index contributed by atoms with van der Waals surface area (Å²) >= 11 is 1.49. The van der Waals surface area contributed by atoms with Gasteiger partial charge in [0.2, 0.25) is 0 Å². The van der Waals surface area contributed by atoms with Gasteiger partial charge in [-0.3, -0.25) is 9.48 Å². The highest BCUT2D eigenvalue weighted by molar-refractivity contribution is 7.20. The molecule has 110 valence electrons. The number of carbonyl (C=O) groups is 1. The summed E-state index contributed by atoms with van der Waals surface area (Å²) in [7, 11) is 3.73. The third kappa shape index (κ3) is 2.71. The van der Waals surface area contributed by atoms with Crippen LogP contribution in [0.2, 0.25) is 0 Å². The van der Waals surface area contributed by atoms with Crippen molar-refractivity contribution in [2.75, 3.05) is 20.1 Å². The maximum atomic E-state index is 12.5. The number of aromatic nitrogens is 2. The molecule has 0 saturated carbocycles. The smallest absolute Gasteiger partial charge is 0.263 e. The molecule has 2 heterocycles. The minimum absolute atomic E-state index is 0.0483. The average molecular weight is 294 g/mol. The van der Waals surface area contributed by atoms with Crippen LogP contribution in [0.25, 0.3) is 10.2 Å². The summed E-state index contributed by atoms with van der Waals surface area (Å²) in [5, 5.41) is 5.42. The lowest BCUT2D eigenvalue weighted by molar-refractivity contribution is 0.0745. The first kappa shape index (κ1) is 15.0. The Hall–Kier alpha value is -1.40. The number of hydrogen-bond donors (Lipinski definition) is 1. The first-order valence-electron chi connectivity index (χ1n) is 6.64.